The van der Waals surface area contributed by atoms with Crippen molar-refractivity contribution in [2.75, 3.05) is 7.11 Å². The fraction of sp³-hybridized carbons (Fsp3) is 0.188. The van der Waals surface area contributed by atoms with Gasteiger partial charge in [-0.2, -0.15) is 0 Å². The molecule has 0 unspecified atom stereocenters. The standard InChI is InChI=1S/C16H16O3/c1-3-12-4-8-15(9-5-12)19-16(17)13-6-10-14(18-2)11-7-13/h4-11H,3H2,1-2H3. The molecule has 0 heterocycles. The van der Waals surface area contributed by atoms with Gasteiger partial charge >= 0.3 is 5.97 Å². The fourth-order valence-corrected chi connectivity index (χ4v) is 1.69. The van der Waals surface area contributed by atoms with Gasteiger partial charge in [-0.05, 0) is 48.4 Å². The van der Waals surface area contributed by atoms with Crippen molar-refractivity contribution in [1.29, 1.82) is 0 Å². The van der Waals surface area contributed by atoms with Gasteiger partial charge in [0.2, 0.25) is 0 Å². The number of hydrogen-bond donors (Lipinski definition) is 0. The van der Waals surface area contributed by atoms with Gasteiger partial charge in [-0.15, -0.1) is 0 Å². The van der Waals surface area contributed by atoms with Crippen molar-refractivity contribution in [3.8, 4) is 11.5 Å². The van der Waals surface area contributed by atoms with Crippen LogP contribution in [0.15, 0.2) is 48.5 Å². The summed E-state index contributed by atoms with van der Waals surface area (Å²) in [6, 6.07) is 14.4. The van der Waals surface area contributed by atoms with E-state index in [2.05, 4.69) is 6.92 Å². The Morgan fingerprint density at radius 3 is 2.05 bits per heavy atom. The molecule has 2 aromatic carbocycles. The number of carbonyl (C=O) groups is 1. The van der Waals surface area contributed by atoms with Crippen LogP contribution < -0.4 is 9.47 Å². The van der Waals surface area contributed by atoms with Gasteiger partial charge in [0, 0.05) is 0 Å². The normalized spacial score (nSPS) is 10.0. The molecular weight excluding hydrogens is 240 g/mol. The number of methoxy groups -OCH3 is 1. The predicted molar refractivity (Wildman–Crippen MR) is 73.8 cm³/mol. The zero-order valence-electron chi connectivity index (χ0n) is 11.1. The van der Waals surface area contributed by atoms with Gasteiger partial charge in [0.1, 0.15) is 11.5 Å². The summed E-state index contributed by atoms with van der Waals surface area (Å²) in [6.07, 6.45) is 0.965. The highest BCUT2D eigenvalue weighted by molar-refractivity contribution is 5.91. The van der Waals surface area contributed by atoms with E-state index >= 15 is 0 Å². The first-order chi connectivity index (χ1) is 9.22. The molecule has 0 atom stereocenters. The van der Waals surface area contributed by atoms with Gasteiger partial charge in [0.15, 0.2) is 0 Å². The Hall–Kier alpha value is -2.29. The largest absolute Gasteiger partial charge is 0.497 e. The summed E-state index contributed by atoms with van der Waals surface area (Å²) in [5.41, 5.74) is 1.71. The molecule has 0 spiro atoms. The minimum Gasteiger partial charge on any atom is -0.497 e. The molecule has 0 aliphatic carbocycles. The Kier molecular flexibility index (Phi) is 4.18. The van der Waals surface area contributed by atoms with Crippen LogP contribution in [0, 0.1) is 0 Å². The van der Waals surface area contributed by atoms with Crippen molar-refractivity contribution in [3.63, 3.8) is 0 Å². The second kappa shape index (κ2) is 6.05. The van der Waals surface area contributed by atoms with Gasteiger partial charge in [-0.25, -0.2) is 4.79 Å². The lowest BCUT2D eigenvalue weighted by molar-refractivity contribution is 0.0734. The summed E-state index contributed by atoms with van der Waals surface area (Å²) in [4.78, 5) is 11.9. The molecule has 0 aliphatic rings. The van der Waals surface area contributed by atoms with Crippen LogP contribution in [-0.4, -0.2) is 13.1 Å². The average Bonchev–Trinajstić information content (AvgIpc) is 2.48. The summed E-state index contributed by atoms with van der Waals surface area (Å²) < 4.78 is 10.3. The Morgan fingerprint density at radius 2 is 1.53 bits per heavy atom. The minimum absolute atomic E-state index is 0.369. The Labute approximate surface area is 112 Å². The Balaban J connectivity index is 2.06. The van der Waals surface area contributed by atoms with E-state index in [1.54, 1.807) is 43.5 Å². The lowest BCUT2D eigenvalue weighted by Gasteiger charge is -2.06. The predicted octanol–water partition coefficient (Wildman–Crippen LogP) is 3.48. The van der Waals surface area contributed by atoms with E-state index in [4.69, 9.17) is 9.47 Å². The molecule has 0 aromatic heterocycles. The molecule has 0 radical (unpaired) electrons. The van der Waals surface area contributed by atoms with E-state index in [0.717, 1.165) is 6.42 Å². The molecule has 19 heavy (non-hydrogen) atoms. The van der Waals surface area contributed by atoms with Crippen LogP contribution in [0.5, 0.6) is 11.5 Å². The summed E-state index contributed by atoms with van der Waals surface area (Å²) in [5, 5.41) is 0. The smallest absolute Gasteiger partial charge is 0.343 e. The van der Waals surface area contributed by atoms with Crippen molar-refractivity contribution in [2.24, 2.45) is 0 Å². The molecule has 0 N–H and O–H groups in total. The number of aryl methyl sites for hydroxylation is 1. The molecule has 0 saturated heterocycles. The van der Waals surface area contributed by atoms with Crippen molar-refractivity contribution < 1.29 is 14.3 Å². The van der Waals surface area contributed by atoms with Crippen LogP contribution in [0.2, 0.25) is 0 Å². The number of hydrogen-bond acceptors (Lipinski definition) is 3. The maximum Gasteiger partial charge on any atom is 0.343 e. The highest BCUT2D eigenvalue weighted by atomic mass is 16.5. The van der Waals surface area contributed by atoms with Gasteiger partial charge in [0.25, 0.3) is 0 Å². The van der Waals surface area contributed by atoms with Crippen LogP contribution in [0.4, 0.5) is 0 Å². The monoisotopic (exact) mass is 256 g/mol. The first-order valence-electron chi connectivity index (χ1n) is 6.18. The Morgan fingerprint density at radius 1 is 0.947 bits per heavy atom. The zero-order chi connectivity index (χ0) is 13.7. The van der Waals surface area contributed by atoms with Crippen LogP contribution in [0.25, 0.3) is 0 Å². The van der Waals surface area contributed by atoms with E-state index in [9.17, 15) is 4.79 Å². The number of benzene rings is 2. The number of esters is 1. The SMILES string of the molecule is CCc1ccc(OC(=O)c2ccc(OC)cc2)cc1. The van der Waals surface area contributed by atoms with Gasteiger partial charge in [0.05, 0.1) is 12.7 Å². The molecule has 98 valence electrons. The van der Waals surface area contributed by atoms with Crippen molar-refractivity contribution in [3.05, 3.63) is 59.7 Å². The molecule has 0 aliphatic heterocycles. The molecule has 0 saturated carbocycles. The maximum absolute atomic E-state index is 11.9. The summed E-state index contributed by atoms with van der Waals surface area (Å²) >= 11 is 0. The molecular formula is C16H16O3. The second-order valence-electron chi connectivity index (χ2n) is 4.12. The van der Waals surface area contributed by atoms with E-state index < -0.39 is 0 Å². The Bertz CT molecular complexity index is 541. The van der Waals surface area contributed by atoms with Gasteiger partial charge in [-0.1, -0.05) is 19.1 Å². The third-order valence-electron chi connectivity index (χ3n) is 2.87. The maximum atomic E-state index is 11.9. The topological polar surface area (TPSA) is 35.5 Å². The van der Waals surface area contributed by atoms with Crippen molar-refractivity contribution in [1.82, 2.24) is 0 Å². The number of rotatable bonds is 4. The van der Waals surface area contributed by atoms with E-state index in [-0.39, 0.29) is 5.97 Å². The second-order valence-corrected chi connectivity index (χ2v) is 4.12. The molecule has 0 fully saturated rings. The van der Waals surface area contributed by atoms with Crippen LogP contribution in [-0.2, 0) is 6.42 Å². The van der Waals surface area contributed by atoms with Crippen molar-refractivity contribution >= 4 is 5.97 Å². The number of ether oxygens (including phenoxy) is 2. The third kappa shape index (κ3) is 3.35. The molecule has 2 aromatic rings. The van der Waals surface area contributed by atoms with Gasteiger partial charge in [-0.3, -0.25) is 0 Å². The van der Waals surface area contributed by atoms with E-state index in [1.165, 1.54) is 5.56 Å². The highest BCUT2D eigenvalue weighted by Gasteiger charge is 2.08. The number of carbonyl (C=O) groups excluding carboxylic acids is 1. The molecule has 3 heteroatoms. The van der Waals surface area contributed by atoms with E-state index in [0.29, 0.717) is 17.1 Å². The highest BCUT2D eigenvalue weighted by Crippen LogP contribution is 2.16. The molecule has 2 rings (SSSR count). The lowest BCUT2D eigenvalue weighted by Crippen LogP contribution is -2.08. The van der Waals surface area contributed by atoms with Gasteiger partial charge < -0.3 is 9.47 Å². The first-order valence-corrected chi connectivity index (χ1v) is 6.18. The summed E-state index contributed by atoms with van der Waals surface area (Å²) in [5.74, 6) is 0.897. The van der Waals surface area contributed by atoms with Crippen LogP contribution >= 0.6 is 0 Å². The molecule has 0 bridgehead atoms. The molecule has 0 amide bonds. The first kappa shape index (κ1) is 13.1. The van der Waals surface area contributed by atoms with E-state index in [1.807, 2.05) is 12.1 Å². The van der Waals surface area contributed by atoms with Crippen LogP contribution in [0.1, 0.15) is 22.8 Å². The average molecular weight is 256 g/mol. The fourth-order valence-electron chi connectivity index (χ4n) is 1.69. The quantitative estimate of drug-likeness (QED) is 0.620. The van der Waals surface area contributed by atoms with Crippen LogP contribution in [0.3, 0.4) is 0 Å². The third-order valence-corrected chi connectivity index (χ3v) is 2.87. The van der Waals surface area contributed by atoms with Crippen molar-refractivity contribution in [2.45, 2.75) is 13.3 Å². The lowest BCUT2D eigenvalue weighted by atomic mass is 10.2. The summed E-state index contributed by atoms with van der Waals surface area (Å²) in [6.45, 7) is 2.08. The zero-order valence-corrected chi connectivity index (χ0v) is 11.1. The summed E-state index contributed by atoms with van der Waals surface area (Å²) in [7, 11) is 1.59. The minimum atomic E-state index is -0.369. The molecule has 3 nitrogen and oxygen atoms in total.